The molecule has 74 valence electrons. The molecule has 1 heterocycles. The summed E-state index contributed by atoms with van der Waals surface area (Å²) in [4.78, 5) is 2.12. The average Bonchev–Trinajstić information content (AvgIpc) is 2.56. The highest BCUT2D eigenvalue weighted by molar-refractivity contribution is 5.35. The maximum atomic E-state index is 5.42. The first kappa shape index (κ1) is 10.1. The predicted octanol–water partition coefficient (Wildman–Crippen LogP) is 1.02. The van der Waals surface area contributed by atoms with Crippen molar-refractivity contribution in [1.82, 2.24) is 5.16 Å². The summed E-state index contributed by atoms with van der Waals surface area (Å²) < 4.78 is 5.18. The van der Waals surface area contributed by atoms with Crippen LogP contribution in [0.2, 0.25) is 0 Å². The van der Waals surface area contributed by atoms with E-state index in [0.29, 0.717) is 6.54 Å². The van der Waals surface area contributed by atoms with Crippen molar-refractivity contribution in [2.24, 2.45) is 5.73 Å². The molecule has 0 saturated heterocycles. The van der Waals surface area contributed by atoms with Gasteiger partial charge in [0.1, 0.15) is 0 Å². The predicted molar refractivity (Wildman–Crippen MR) is 52.8 cm³/mol. The van der Waals surface area contributed by atoms with E-state index in [2.05, 4.69) is 23.9 Å². The van der Waals surface area contributed by atoms with Crippen LogP contribution >= 0.6 is 0 Å². The largest absolute Gasteiger partial charge is 0.341 e. The fourth-order valence-corrected chi connectivity index (χ4v) is 1.25. The third kappa shape index (κ3) is 2.45. The molecule has 1 aromatic heterocycles. The molecular formula is C9H17N3O. The summed E-state index contributed by atoms with van der Waals surface area (Å²) in [6.45, 7) is 6.68. The Hall–Kier alpha value is -1.03. The van der Waals surface area contributed by atoms with Crippen molar-refractivity contribution in [3.8, 4) is 0 Å². The molecule has 0 amide bonds. The lowest BCUT2D eigenvalue weighted by atomic mass is 10.3. The van der Waals surface area contributed by atoms with Gasteiger partial charge in [0, 0.05) is 25.6 Å². The Morgan fingerprint density at radius 1 is 1.46 bits per heavy atom. The Morgan fingerprint density at radius 2 is 2.15 bits per heavy atom. The molecule has 0 aromatic carbocycles. The van der Waals surface area contributed by atoms with Crippen LogP contribution in [-0.2, 0) is 6.42 Å². The lowest BCUT2D eigenvalue weighted by Gasteiger charge is -2.15. The van der Waals surface area contributed by atoms with Crippen molar-refractivity contribution in [2.75, 3.05) is 24.5 Å². The third-order valence-corrected chi connectivity index (χ3v) is 2.02. The molecular weight excluding hydrogens is 166 g/mol. The van der Waals surface area contributed by atoms with Gasteiger partial charge in [-0.3, -0.25) is 0 Å². The second-order valence-corrected chi connectivity index (χ2v) is 2.87. The fraction of sp³-hybridized carbons (Fsp3) is 0.667. The van der Waals surface area contributed by atoms with Crippen LogP contribution in [0.1, 0.15) is 19.5 Å². The quantitative estimate of drug-likeness (QED) is 0.740. The molecule has 0 saturated carbocycles. The van der Waals surface area contributed by atoms with Gasteiger partial charge in [-0.05, 0) is 20.4 Å². The van der Waals surface area contributed by atoms with E-state index in [0.717, 1.165) is 31.1 Å². The number of nitrogens with zero attached hydrogens (tertiary/aromatic N) is 2. The van der Waals surface area contributed by atoms with Crippen molar-refractivity contribution >= 4 is 5.88 Å². The molecule has 0 radical (unpaired) electrons. The number of hydrogen-bond donors (Lipinski definition) is 1. The molecule has 4 nitrogen and oxygen atoms in total. The maximum Gasteiger partial charge on any atom is 0.227 e. The highest BCUT2D eigenvalue weighted by Gasteiger charge is 2.08. The van der Waals surface area contributed by atoms with Crippen molar-refractivity contribution in [1.29, 1.82) is 0 Å². The summed E-state index contributed by atoms with van der Waals surface area (Å²) in [7, 11) is 0. The molecule has 13 heavy (non-hydrogen) atoms. The van der Waals surface area contributed by atoms with Crippen LogP contribution in [0.5, 0.6) is 0 Å². The van der Waals surface area contributed by atoms with Crippen LogP contribution in [0.3, 0.4) is 0 Å². The van der Waals surface area contributed by atoms with E-state index in [1.807, 2.05) is 6.07 Å². The summed E-state index contributed by atoms with van der Waals surface area (Å²) in [5, 5.41) is 3.93. The summed E-state index contributed by atoms with van der Waals surface area (Å²) in [6, 6.07) is 1.96. The van der Waals surface area contributed by atoms with Crippen LogP contribution in [0.25, 0.3) is 0 Å². The van der Waals surface area contributed by atoms with E-state index in [1.165, 1.54) is 0 Å². The highest BCUT2D eigenvalue weighted by atomic mass is 16.5. The second-order valence-electron chi connectivity index (χ2n) is 2.87. The van der Waals surface area contributed by atoms with Crippen molar-refractivity contribution in [2.45, 2.75) is 20.3 Å². The van der Waals surface area contributed by atoms with Gasteiger partial charge in [0.25, 0.3) is 0 Å². The van der Waals surface area contributed by atoms with Crippen LogP contribution < -0.4 is 10.6 Å². The number of aromatic nitrogens is 1. The number of nitrogens with two attached hydrogens (primary N) is 1. The minimum absolute atomic E-state index is 0.615. The molecule has 0 bridgehead atoms. The van der Waals surface area contributed by atoms with Crippen LogP contribution in [0, 0.1) is 0 Å². The fourth-order valence-electron chi connectivity index (χ4n) is 1.25. The maximum absolute atomic E-state index is 5.42. The van der Waals surface area contributed by atoms with Crippen LogP contribution in [0.4, 0.5) is 5.88 Å². The molecule has 2 N–H and O–H groups in total. The molecule has 0 fully saturated rings. The topological polar surface area (TPSA) is 55.3 Å². The summed E-state index contributed by atoms with van der Waals surface area (Å²) in [5.41, 5.74) is 6.35. The molecule has 0 aliphatic rings. The molecule has 0 aliphatic carbocycles. The Balaban J connectivity index is 2.66. The normalized spacial score (nSPS) is 10.4. The first-order valence-electron chi connectivity index (χ1n) is 4.72. The van der Waals surface area contributed by atoms with Gasteiger partial charge in [0.15, 0.2) is 0 Å². The van der Waals surface area contributed by atoms with Crippen molar-refractivity contribution in [3.05, 3.63) is 11.8 Å². The first-order valence-corrected chi connectivity index (χ1v) is 4.72. The van der Waals surface area contributed by atoms with Gasteiger partial charge in [-0.2, -0.15) is 0 Å². The van der Waals surface area contributed by atoms with Gasteiger partial charge >= 0.3 is 0 Å². The summed E-state index contributed by atoms with van der Waals surface area (Å²) >= 11 is 0. The minimum atomic E-state index is 0.615. The molecule has 1 rings (SSSR count). The monoisotopic (exact) mass is 183 g/mol. The van der Waals surface area contributed by atoms with E-state index in [-0.39, 0.29) is 0 Å². The number of hydrogen-bond acceptors (Lipinski definition) is 4. The van der Waals surface area contributed by atoms with Gasteiger partial charge in [-0.1, -0.05) is 5.16 Å². The molecule has 0 unspecified atom stereocenters. The van der Waals surface area contributed by atoms with E-state index in [9.17, 15) is 0 Å². The Bertz CT molecular complexity index is 243. The summed E-state index contributed by atoms with van der Waals surface area (Å²) in [6.07, 6.45) is 0.783. The minimum Gasteiger partial charge on any atom is -0.341 e. The number of rotatable bonds is 5. The van der Waals surface area contributed by atoms with E-state index in [4.69, 9.17) is 10.3 Å². The molecule has 0 aliphatic heterocycles. The van der Waals surface area contributed by atoms with Gasteiger partial charge in [0.05, 0.1) is 5.69 Å². The van der Waals surface area contributed by atoms with Gasteiger partial charge in [0.2, 0.25) is 5.88 Å². The number of anilines is 1. The molecule has 0 spiro atoms. The SMILES string of the molecule is CCN(CC)c1cc(CCN)no1. The lowest BCUT2D eigenvalue weighted by Crippen LogP contribution is -2.21. The van der Waals surface area contributed by atoms with E-state index >= 15 is 0 Å². The van der Waals surface area contributed by atoms with Gasteiger partial charge in [-0.25, -0.2) is 0 Å². The average molecular weight is 183 g/mol. The smallest absolute Gasteiger partial charge is 0.227 e. The zero-order valence-electron chi connectivity index (χ0n) is 8.29. The standard InChI is InChI=1S/C9H17N3O/c1-3-12(4-2)9-7-8(5-6-10)11-13-9/h7H,3-6,10H2,1-2H3. The molecule has 1 aromatic rings. The van der Waals surface area contributed by atoms with Crippen LogP contribution in [-0.4, -0.2) is 24.8 Å². The zero-order valence-corrected chi connectivity index (χ0v) is 8.29. The lowest BCUT2D eigenvalue weighted by molar-refractivity contribution is 0.410. The van der Waals surface area contributed by atoms with Crippen molar-refractivity contribution < 1.29 is 4.52 Å². The molecule has 4 heteroatoms. The Morgan fingerprint density at radius 3 is 2.69 bits per heavy atom. The van der Waals surface area contributed by atoms with Crippen molar-refractivity contribution in [3.63, 3.8) is 0 Å². The van der Waals surface area contributed by atoms with Gasteiger partial charge < -0.3 is 15.2 Å². The summed E-state index contributed by atoms with van der Waals surface area (Å²) in [5.74, 6) is 0.841. The van der Waals surface area contributed by atoms with E-state index in [1.54, 1.807) is 0 Å². The van der Waals surface area contributed by atoms with Gasteiger partial charge in [-0.15, -0.1) is 0 Å². The molecule has 0 atom stereocenters. The highest BCUT2D eigenvalue weighted by Crippen LogP contribution is 2.15. The zero-order chi connectivity index (χ0) is 9.68. The van der Waals surface area contributed by atoms with E-state index < -0.39 is 0 Å². The second kappa shape index (κ2) is 4.87. The Labute approximate surface area is 78.7 Å². The van der Waals surface area contributed by atoms with Crippen LogP contribution in [0.15, 0.2) is 10.6 Å². The Kier molecular flexibility index (Phi) is 3.76. The third-order valence-electron chi connectivity index (χ3n) is 2.02. The first-order chi connectivity index (χ1) is 6.31.